The lowest BCUT2D eigenvalue weighted by Gasteiger charge is -2.34. The summed E-state index contributed by atoms with van der Waals surface area (Å²) in [4.78, 5) is 19.0. The fraction of sp³-hybridized carbons (Fsp3) is 0.647. The molecule has 0 radical (unpaired) electrons. The predicted molar refractivity (Wildman–Crippen MR) is 86.6 cm³/mol. The van der Waals surface area contributed by atoms with Crippen LogP contribution in [-0.4, -0.2) is 35.4 Å². The number of rotatable bonds is 4. The molecular weight excluding hydrogens is 262 g/mol. The molecule has 1 saturated heterocycles. The zero-order valence-corrected chi connectivity index (χ0v) is 13.6. The number of nitrogens with zero attached hydrogens (tertiary/aromatic N) is 2. The Hall–Kier alpha value is -1.58. The molecule has 0 unspecified atom stereocenters. The molecule has 2 rings (SSSR count). The van der Waals surface area contributed by atoms with Crippen LogP contribution < -0.4 is 5.32 Å². The molecule has 2 heterocycles. The van der Waals surface area contributed by atoms with Gasteiger partial charge in [0, 0.05) is 31.5 Å². The van der Waals surface area contributed by atoms with Gasteiger partial charge in [0.05, 0.1) is 11.3 Å². The van der Waals surface area contributed by atoms with Gasteiger partial charge in [-0.05, 0) is 44.6 Å². The quantitative estimate of drug-likeness (QED) is 0.924. The van der Waals surface area contributed by atoms with Gasteiger partial charge in [0.1, 0.15) is 0 Å². The number of anilines is 1. The lowest BCUT2D eigenvalue weighted by Crippen LogP contribution is -2.39. The molecule has 0 saturated carbocycles. The second-order valence-electron chi connectivity index (χ2n) is 6.28. The average Bonchev–Trinajstić information content (AvgIpc) is 2.47. The highest BCUT2D eigenvalue weighted by Crippen LogP contribution is 2.26. The third-order valence-corrected chi connectivity index (χ3v) is 4.41. The van der Waals surface area contributed by atoms with E-state index in [9.17, 15) is 4.79 Å². The molecule has 4 nitrogen and oxygen atoms in total. The summed E-state index contributed by atoms with van der Waals surface area (Å²) in [5.41, 5.74) is 2.53. The highest BCUT2D eigenvalue weighted by Gasteiger charge is 2.26. The Kier molecular flexibility index (Phi) is 5.21. The van der Waals surface area contributed by atoms with Crippen molar-refractivity contribution >= 4 is 11.6 Å². The molecule has 1 N–H and O–H groups in total. The van der Waals surface area contributed by atoms with Crippen LogP contribution in [0.1, 0.15) is 49.7 Å². The molecule has 1 amide bonds. The summed E-state index contributed by atoms with van der Waals surface area (Å²) in [7, 11) is 0. The number of carbonyl (C=O) groups excluding carboxylic acids is 1. The summed E-state index contributed by atoms with van der Waals surface area (Å²) in [5.74, 6) is 1.57. The van der Waals surface area contributed by atoms with Crippen molar-refractivity contribution in [3.8, 4) is 0 Å². The highest BCUT2D eigenvalue weighted by molar-refractivity contribution is 5.99. The van der Waals surface area contributed by atoms with Crippen LogP contribution >= 0.6 is 0 Å². The average molecular weight is 289 g/mol. The van der Waals surface area contributed by atoms with Gasteiger partial charge < -0.3 is 10.2 Å². The zero-order valence-electron chi connectivity index (χ0n) is 13.6. The number of aromatic nitrogens is 1. The number of amides is 1. The molecule has 4 heteroatoms. The maximum atomic E-state index is 12.7. The third-order valence-electron chi connectivity index (χ3n) is 4.41. The Balaban J connectivity index is 2.10. The Morgan fingerprint density at radius 2 is 2.10 bits per heavy atom. The van der Waals surface area contributed by atoms with E-state index in [-0.39, 0.29) is 5.91 Å². The molecule has 0 spiro atoms. The first-order chi connectivity index (χ1) is 10.0. The van der Waals surface area contributed by atoms with Crippen molar-refractivity contribution in [2.45, 2.75) is 40.5 Å². The molecule has 1 aromatic heterocycles. The number of aryl methyl sites for hydroxylation is 1. The molecule has 1 fully saturated rings. The van der Waals surface area contributed by atoms with Crippen molar-refractivity contribution in [3.05, 3.63) is 23.5 Å². The van der Waals surface area contributed by atoms with E-state index in [4.69, 9.17) is 0 Å². The maximum absolute atomic E-state index is 12.7. The van der Waals surface area contributed by atoms with Crippen LogP contribution in [0.15, 0.2) is 12.3 Å². The number of piperidine rings is 1. The summed E-state index contributed by atoms with van der Waals surface area (Å²) in [6.07, 6.45) is 3.93. The molecule has 1 aromatic rings. The van der Waals surface area contributed by atoms with Crippen LogP contribution in [0.4, 0.5) is 5.69 Å². The van der Waals surface area contributed by atoms with Gasteiger partial charge in [0.25, 0.3) is 5.91 Å². The van der Waals surface area contributed by atoms with E-state index >= 15 is 0 Å². The lowest BCUT2D eigenvalue weighted by atomic mass is 9.86. The molecule has 1 aliphatic rings. The first kappa shape index (κ1) is 15.8. The molecule has 0 aliphatic carbocycles. The van der Waals surface area contributed by atoms with Crippen molar-refractivity contribution in [1.82, 2.24) is 9.88 Å². The van der Waals surface area contributed by atoms with Crippen LogP contribution in [0, 0.1) is 18.8 Å². The van der Waals surface area contributed by atoms with Gasteiger partial charge in [0.2, 0.25) is 0 Å². The number of carbonyl (C=O) groups is 1. The topological polar surface area (TPSA) is 45.2 Å². The van der Waals surface area contributed by atoms with Gasteiger partial charge in [-0.3, -0.25) is 9.78 Å². The fourth-order valence-electron chi connectivity index (χ4n) is 3.01. The summed E-state index contributed by atoms with van der Waals surface area (Å²) in [5, 5.41) is 3.28. The Labute approximate surface area is 127 Å². The van der Waals surface area contributed by atoms with Crippen molar-refractivity contribution in [3.63, 3.8) is 0 Å². The van der Waals surface area contributed by atoms with Gasteiger partial charge in [0.15, 0.2) is 0 Å². The van der Waals surface area contributed by atoms with Crippen LogP contribution in [0.5, 0.6) is 0 Å². The largest absolute Gasteiger partial charge is 0.385 e. The van der Waals surface area contributed by atoms with Crippen LogP contribution in [0.25, 0.3) is 0 Å². The van der Waals surface area contributed by atoms with Crippen LogP contribution in [-0.2, 0) is 0 Å². The number of hydrogen-bond donors (Lipinski definition) is 1. The number of nitrogens with one attached hydrogen (secondary N) is 1. The molecule has 116 valence electrons. The monoisotopic (exact) mass is 289 g/mol. The molecule has 1 aliphatic heterocycles. The van der Waals surface area contributed by atoms with Crippen molar-refractivity contribution < 1.29 is 4.79 Å². The second-order valence-corrected chi connectivity index (χ2v) is 6.28. The first-order valence-electron chi connectivity index (χ1n) is 8.02. The SMILES string of the molecule is CCNc1cc(C)ncc1C(=O)N1CCC(C(C)C)CC1. The number of pyridine rings is 1. The zero-order chi connectivity index (χ0) is 15.4. The Morgan fingerprint density at radius 1 is 1.43 bits per heavy atom. The first-order valence-corrected chi connectivity index (χ1v) is 8.02. The smallest absolute Gasteiger partial charge is 0.257 e. The van der Waals surface area contributed by atoms with Crippen LogP contribution in [0.2, 0.25) is 0 Å². The van der Waals surface area contributed by atoms with Gasteiger partial charge in [-0.15, -0.1) is 0 Å². The van der Waals surface area contributed by atoms with E-state index < -0.39 is 0 Å². The Bertz CT molecular complexity index is 491. The molecule has 0 aromatic carbocycles. The van der Waals surface area contributed by atoms with E-state index in [1.807, 2.05) is 24.8 Å². The van der Waals surface area contributed by atoms with Gasteiger partial charge >= 0.3 is 0 Å². The minimum absolute atomic E-state index is 0.112. The summed E-state index contributed by atoms with van der Waals surface area (Å²) in [6, 6.07) is 1.96. The van der Waals surface area contributed by atoms with Crippen molar-refractivity contribution in [2.75, 3.05) is 25.0 Å². The Morgan fingerprint density at radius 3 is 2.67 bits per heavy atom. The van der Waals surface area contributed by atoms with Crippen molar-refractivity contribution in [1.29, 1.82) is 0 Å². The predicted octanol–water partition coefficient (Wildman–Crippen LogP) is 3.33. The summed E-state index contributed by atoms with van der Waals surface area (Å²) < 4.78 is 0. The molecule has 0 atom stereocenters. The summed E-state index contributed by atoms with van der Waals surface area (Å²) >= 11 is 0. The lowest BCUT2D eigenvalue weighted by molar-refractivity contribution is 0.0668. The number of hydrogen-bond acceptors (Lipinski definition) is 3. The normalized spacial score (nSPS) is 16.3. The third kappa shape index (κ3) is 3.74. The van der Waals surface area contributed by atoms with Gasteiger partial charge in [-0.25, -0.2) is 0 Å². The van der Waals surface area contributed by atoms with E-state index in [1.165, 1.54) is 0 Å². The van der Waals surface area contributed by atoms with E-state index in [2.05, 4.69) is 24.1 Å². The molecular formula is C17H27N3O. The molecule has 0 bridgehead atoms. The standard InChI is InChI=1S/C17H27N3O/c1-5-18-16-10-13(4)19-11-15(16)17(21)20-8-6-14(7-9-20)12(2)3/h10-12,14H,5-9H2,1-4H3,(H,18,19). The van der Waals surface area contributed by atoms with Crippen molar-refractivity contribution in [2.24, 2.45) is 11.8 Å². The van der Waals surface area contributed by atoms with Gasteiger partial charge in [-0.2, -0.15) is 0 Å². The summed E-state index contributed by atoms with van der Waals surface area (Å²) in [6.45, 7) is 11.1. The maximum Gasteiger partial charge on any atom is 0.257 e. The fourth-order valence-corrected chi connectivity index (χ4v) is 3.01. The highest BCUT2D eigenvalue weighted by atomic mass is 16.2. The van der Waals surface area contributed by atoms with E-state index in [1.54, 1.807) is 6.20 Å². The molecule has 21 heavy (non-hydrogen) atoms. The second kappa shape index (κ2) is 6.92. The van der Waals surface area contributed by atoms with E-state index in [0.29, 0.717) is 11.5 Å². The number of likely N-dealkylation sites (tertiary alicyclic amines) is 1. The van der Waals surface area contributed by atoms with E-state index in [0.717, 1.165) is 49.8 Å². The minimum atomic E-state index is 0.112. The van der Waals surface area contributed by atoms with Crippen LogP contribution in [0.3, 0.4) is 0 Å². The van der Waals surface area contributed by atoms with Gasteiger partial charge in [-0.1, -0.05) is 13.8 Å². The minimum Gasteiger partial charge on any atom is -0.385 e.